The van der Waals surface area contributed by atoms with Gasteiger partial charge in [-0.05, 0) is 12.8 Å². The van der Waals surface area contributed by atoms with Crippen molar-refractivity contribution in [3.63, 3.8) is 0 Å². The van der Waals surface area contributed by atoms with E-state index in [4.69, 9.17) is 0 Å². The summed E-state index contributed by atoms with van der Waals surface area (Å²) in [5, 5.41) is 4.14. The molecule has 1 aliphatic heterocycles. The average Bonchev–Trinajstić information content (AvgIpc) is 2.33. The lowest BCUT2D eigenvalue weighted by Crippen LogP contribution is -2.15. The minimum absolute atomic E-state index is 0.718. The molecule has 0 bridgehead atoms. The number of rotatable bonds is 0. The monoisotopic (exact) mass is 122 g/mol. The third-order valence-electron chi connectivity index (χ3n) is 1.93. The third-order valence-corrected chi connectivity index (χ3v) is 1.93. The fourth-order valence-corrected chi connectivity index (χ4v) is 1.37. The van der Waals surface area contributed by atoms with Crippen LogP contribution in [0.3, 0.4) is 0 Å². The molecule has 0 aromatic heterocycles. The van der Waals surface area contributed by atoms with Gasteiger partial charge in [0.15, 0.2) is 5.10 Å². The van der Waals surface area contributed by atoms with Crippen LogP contribution in [0.25, 0.3) is 0 Å². The summed E-state index contributed by atoms with van der Waals surface area (Å²) in [5.41, 5.74) is 4.25. The van der Waals surface area contributed by atoms with E-state index in [2.05, 4.69) is 22.7 Å². The number of hydrogen-bond acceptors (Lipinski definition) is 2. The maximum Gasteiger partial charge on any atom is 0.291 e. The molecule has 1 N–H and O–H groups in total. The number of fused-ring (bicyclic) bond motifs is 1. The zero-order valence-corrected chi connectivity index (χ0v) is 5.30. The normalized spacial score (nSPS) is 31.1. The van der Waals surface area contributed by atoms with Crippen molar-refractivity contribution in [2.45, 2.75) is 12.8 Å². The van der Waals surface area contributed by atoms with E-state index in [1.807, 2.05) is 0 Å². The fraction of sp³-hybridized carbons (Fsp3) is 0.571. The first-order chi connectivity index (χ1) is 4.47. The smallest absolute Gasteiger partial charge is 0.132 e. The van der Waals surface area contributed by atoms with Crippen molar-refractivity contribution in [3.8, 4) is 0 Å². The lowest BCUT2D eigenvalue weighted by molar-refractivity contribution is 0.600. The Morgan fingerprint density at radius 2 is 2.67 bits per heavy atom. The second kappa shape index (κ2) is 1.87. The second-order valence-electron chi connectivity index (χ2n) is 2.58. The predicted octanol–water partition coefficient (Wildman–Crippen LogP) is 0.248. The summed E-state index contributed by atoms with van der Waals surface area (Å²) in [6.45, 7) is 1.06. The van der Waals surface area contributed by atoms with Crippen LogP contribution in [0.5, 0.6) is 0 Å². The van der Waals surface area contributed by atoms with E-state index in [-0.39, 0.29) is 0 Å². The van der Waals surface area contributed by atoms with Crippen LogP contribution in [-0.4, -0.2) is 12.3 Å². The molecule has 47 valence electrons. The lowest BCUT2D eigenvalue weighted by Gasteiger charge is -2.04. The van der Waals surface area contributed by atoms with Gasteiger partial charge in [-0.3, -0.25) is 0 Å². The number of hydrazone groups is 1. The zero-order chi connectivity index (χ0) is 6.10. The molecule has 0 spiro atoms. The van der Waals surface area contributed by atoms with Gasteiger partial charge in [0.1, 0.15) is 0 Å². The Kier molecular flexibility index (Phi) is 1.04. The van der Waals surface area contributed by atoms with Crippen molar-refractivity contribution >= 4 is 5.71 Å². The van der Waals surface area contributed by atoms with Crippen LogP contribution >= 0.6 is 0 Å². The molecule has 2 nitrogen and oxygen atoms in total. The Bertz CT molecular complexity index is 170. The Labute approximate surface area is 54.6 Å². The maximum atomic E-state index is 4.14. The van der Waals surface area contributed by atoms with Crippen LogP contribution in [0.2, 0.25) is 0 Å². The molecule has 1 atom stereocenters. The molecule has 2 heteroatoms. The molecule has 0 saturated heterocycles. The number of hydrogen-bond donors (Lipinski definition) is 1. The molecule has 0 saturated carbocycles. The third kappa shape index (κ3) is 0.745. The Balaban J connectivity index is 2.24. The SMILES string of the molecule is C1=CC2=[N+]NCC2CC1. The zero-order valence-electron chi connectivity index (χ0n) is 5.30. The largest absolute Gasteiger partial charge is 0.291 e. The first-order valence-corrected chi connectivity index (χ1v) is 3.44. The number of allylic oxidation sites excluding steroid dienone is 2. The molecule has 2 rings (SSSR count). The van der Waals surface area contributed by atoms with Crippen LogP contribution in [0.4, 0.5) is 0 Å². The predicted molar refractivity (Wildman–Crippen MR) is 37.0 cm³/mol. The fourth-order valence-electron chi connectivity index (χ4n) is 1.37. The minimum Gasteiger partial charge on any atom is -0.132 e. The molecular weight excluding hydrogens is 112 g/mol. The Morgan fingerprint density at radius 1 is 1.67 bits per heavy atom. The second-order valence-corrected chi connectivity index (χ2v) is 2.58. The molecular formula is C7H10N2+. The summed E-state index contributed by atoms with van der Waals surface area (Å²) in [6, 6.07) is 0. The van der Waals surface area contributed by atoms with E-state index in [0.717, 1.165) is 12.5 Å². The van der Waals surface area contributed by atoms with Gasteiger partial charge in [0.25, 0.3) is 5.71 Å². The van der Waals surface area contributed by atoms with Crippen LogP contribution in [0.1, 0.15) is 12.8 Å². The molecule has 1 unspecified atom stereocenters. The highest BCUT2D eigenvalue weighted by Crippen LogP contribution is 2.15. The van der Waals surface area contributed by atoms with Crippen molar-refractivity contribution in [1.29, 1.82) is 0 Å². The molecule has 0 amide bonds. The number of nitrogens with zero attached hydrogens (tertiary/aromatic N) is 1. The summed E-state index contributed by atoms with van der Waals surface area (Å²) in [7, 11) is 0. The van der Waals surface area contributed by atoms with E-state index < -0.39 is 0 Å². The van der Waals surface area contributed by atoms with Crippen molar-refractivity contribution in [1.82, 2.24) is 10.5 Å². The maximum absolute atomic E-state index is 4.14. The van der Waals surface area contributed by atoms with Gasteiger partial charge in [-0.15, -0.1) is 5.43 Å². The van der Waals surface area contributed by atoms with E-state index in [9.17, 15) is 0 Å². The van der Waals surface area contributed by atoms with Gasteiger partial charge >= 0.3 is 0 Å². The highest BCUT2D eigenvalue weighted by Gasteiger charge is 2.31. The van der Waals surface area contributed by atoms with Gasteiger partial charge < -0.3 is 0 Å². The summed E-state index contributed by atoms with van der Waals surface area (Å²) in [5.74, 6) is 0.718. The first kappa shape index (κ1) is 5.03. The van der Waals surface area contributed by atoms with E-state index in [1.165, 1.54) is 18.6 Å². The highest BCUT2D eigenvalue weighted by atomic mass is 15.3. The topological polar surface area (TPSA) is 26.1 Å². The molecule has 1 aliphatic carbocycles. The Morgan fingerprint density at radius 3 is 3.56 bits per heavy atom. The standard InChI is InChI=1S/C7H10N2/c1-2-4-7-6(3-1)5-8-9-7/h2,4,6,8H,1,3,5H2/q+1. The summed E-state index contributed by atoms with van der Waals surface area (Å²) >= 11 is 0. The van der Waals surface area contributed by atoms with Gasteiger partial charge in [-0.25, -0.2) is 0 Å². The summed E-state index contributed by atoms with van der Waals surface area (Å²) in [4.78, 5) is 0. The molecule has 1 heterocycles. The van der Waals surface area contributed by atoms with Gasteiger partial charge in [0, 0.05) is 6.08 Å². The summed E-state index contributed by atoms with van der Waals surface area (Å²) < 4.78 is 0. The lowest BCUT2D eigenvalue weighted by atomic mass is 9.94. The molecule has 0 aromatic carbocycles. The quantitative estimate of drug-likeness (QED) is 0.489. The molecule has 0 aromatic rings. The minimum atomic E-state index is 0.718. The molecule has 0 fully saturated rings. The van der Waals surface area contributed by atoms with Crippen molar-refractivity contribution in [3.05, 3.63) is 12.2 Å². The molecule has 1 radical (unpaired) electrons. The van der Waals surface area contributed by atoms with Crippen LogP contribution in [-0.2, 0) is 0 Å². The van der Waals surface area contributed by atoms with E-state index >= 15 is 0 Å². The van der Waals surface area contributed by atoms with Gasteiger partial charge in [-0.1, -0.05) is 6.08 Å². The summed E-state index contributed by atoms with van der Waals surface area (Å²) in [6.07, 6.45) is 6.84. The van der Waals surface area contributed by atoms with Crippen molar-refractivity contribution < 1.29 is 0 Å². The Hall–Kier alpha value is -0.790. The van der Waals surface area contributed by atoms with E-state index in [1.54, 1.807) is 0 Å². The van der Waals surface area contributed by atoms with Gasteiger partial charge in [-0.2, -0.15) is 0 Å². The van der Waals surface area contributed by atoms with Crippen LogP contribution in [0.15, 0.2) is 12.2 Å². The number of nitrogens with one attached hydrogen (secondary N) is 1. The molecule has 9 heavy (non-hydrogen) atoms. The van der Waals surface area contributed by atoms with Gasteiger partial charge in [0.2, 0.25) is 0 Å². The van der Waals surface area contributed by atoms with Gasteiger partial charge in [0.05, 0.1) is 12.5 Å². The highest BCUT2D eigenvalue weighted by molar-refractivity contribution is 5.97. The van der Waals surface area contributed by atoms with Crippen LogP contribution in [0, 0.1) is 5.92 Å². The molecule has 2 aliphatic rings. The first-order valence-electron chi connectivity index (χ1n) is 3.44. The van der Waals surface area contributed by atoms with E-state index in [0.29, 0.717) is 0 Å². The van der Waals surface area contributed by atoms with Crippen molar-refractivity contribution in [2.24, 2.45) is 5.92 Å². The van der Waals surface area contributed by atoms with Crippen LogP contribution < -0.4 is 10.5 Å². The average molecular weight is 122 g/mol. The van der Waals surface area contributed by atoms with Crippen molar-refractivity contribution in [2.75, 3.05) is 6.54 Å².